The number of rotatable bonds is 11. The molecule has 0 saturated carbocycles. The van der Waals surface area contributed by atoms with E-state index < -0.39 is 5.25 Å². The van der Waals surface area contributed by atoms with Crippen molar-refractivity contribution in [2.75, 3.05) is 31.3 Å². The molecule has 2 aliphatic rings. The number of carbonyl (C=O) groups is 4. The smallest absolute Gasteiger partial charge is 0.302 e. The third-order valence-electron chi connectivity index (χ3n) is 6.79. The number of thioether (sulfide) groups is 1. The number of anilines is 1. The summed E-state index contributed by atoms with van der Waals surface area (Å²) < 4.78 is 5.30. The molecule has 2 aromatic rings. The minimum Gasteiger partial charge on any atom is -0.465 e. The van der Waals surface area contributed by atoms with Crippen molar-refractivity contribution in [1.82, 2.24) is 4.90 Å². The Labute approximate surface area is 226 Å². The van der Waals surface area contributed by atoms with Crippen LogP contribution in [0.25, 0.3) is 11.1 Å². The zero-order valence-corrected chi connectivity index (χ0v) is 22.4. The van der Waals surface area contributed by atoms with Gasteiger partial charge in [-0.05, 0) is 46.6 Å². The Hall–Kier alpha value is -3.66. The number of likely N-dealkylation sites (tertiary alicyclic amines) is 1. The molecular formula is C28H33N4O5S+. The molecule has 9 nitrogen and oxygen atoms in total. The van der Waals surface area contributed by atoms with Gasteiger partial charge in [0.15, 0.2) is 0 Å². The van der Waals surface area contributed by atoms with E-state index in [9.17, 15) is 19.2 Å². The topological polar surface area (TPSA) is 133 Å². The number of amides is 3. The van der Waals surface area contributed by atoms with Crippen LogP contribution in [0, 0.1) is 0 Å². The molecule has 0 spiro atoms. The second kappa shape index (κ2) is 12.3. The Morgan fingerprint density at radius 1 is 1.13 bits per heavy atom. The highest BCUT2D eigenvalue weighted by atomic mass is 32.2. The van der Waals surface area contributed by atoms with Gasteiger partial charge in [0, 0.05) is 44.3 Å². The fourth-order valence-electron chi connectivity index (χ4n) is 4.83. The molecule has 4 rings (SSSR count). The average Bonchev–Trinajstić information content (AvgIpc) is 3.36. The highest BCUT2D eigenvalue weighted by molar-refractivity contribution is 8.00. The maximum absolute atomic E-state index is 12.7. The number of imide groups is 1. The van der Waals surface area contributed by atoms with Gasteiger partial charge in [-0.3, -0.25) is 34.8 Å². The van der Waals surface area contributed by atoms with Crippen molar-refractivity contribution in [3.05, 3.63) is 53.6 Å². The summed E-state index contributed by atoms with van der Waals surface area (Å²) in [4.78, 5) is 53.3. The van der Waals surface area contributed by atoms with E-state index in [4.69, 9.17) is 10.5 Å². The van der Waals surface area contributed by atoms with Crippen molar-refractivity contribution in [3.8, 4) is 11.1 Å². The molecule has 4 N–H and O–H groups in total. The van der Waals surface area contributed by atoms with Crippen LogP contribution in [0.5, 0.6) is 0 Å². The van der Waals surface area contributed by atoms with E-state index in [0.29, 0.717) is 17.9 Å². The number of fused-ring (bicyclic) bond motifs is 3. The first kappa shape index (κ1) is 27.4. The molecule has 1 aliphatic heterocycles. The molecule has 1 aliphatic carbocycles. The minimum absolute atomic E-state index is 0.0191. The quantitative estimate of drug-likeness (QED) is 0.130. The van der Waals surface area contributed by atoms with Crippen molar-refractivity contribution in [3.63, 3.8) is 0 Å². The molecule has 0 radical (unpaired) electrons. The van der Waals surface area contributed by atoms with Gasteiger partial charge >= 0.3 is 5.97 Å². The maximum Gasteiger partial charge on any atom is 0.302 e. The molecule has 1 heterocycles. The Bertz CT molecular complexity index is 1280. The van der Waals surface area contributed by atoms with Crippen LogP contribution in [0.1, 0.15) is 49.7 Å². The maximum atomic E-state index is 12.7. The van der Waals surface area contributed by atoms with Crippen LogP contribution in [-0.2, 0) is 23.9 Å². The second-order valence-corrected chi connectivity index (χ2v) is 10.7. The molecule has 1 fully saturated rings. The predicted octanol–water partition coefficient (Wildman–Crippen LogP) is 1.40. The number of esters is 1. The van der Waals surface area contributed by atoms with E-state index in [0.717, 1.165) is 34.4 Å². The molecule has 2 unspecified atom stereocenters. The summed E-state index contributed by atoms with van der Waals surface area (Å²) in [5, 5.41) is 2.49. The third-order valence-corrected chi connectivity index (χ3v) is 8.08. The van der Waals surface area contributed by atoms with Gasteiger partial charge in [-0.1, -0.05) is 30.3 Å². The largest absolute Gasteiger partial charge is 0.465 e. The molecule has 0 aromatic heterocycles. The van der Waals surface area contributed by atoms with Crippen LogP contribution in [0.15, 0.2) is 42.5 Å². The minimum atomic E-state index is -0.405. The van der Waals surface area contributed by atoms with E-state index >= 15 is 0 Å². The molecule has 2 aromatic carbocycles. The van der Waals surface area contributed by atoms with Crippen LogP contribution in [0.2, 0.25) is 0 Å². The first-order valence-corrected chi connectivity index (χ1v) is 13.7. The SMILES string of the molecule is C[NH+]=C(N)CCCSC1CC(=O)N(CCC(=O)Nc2ccc3c(c2)-c2ccccc2C3COC(C)=O)C1=O. The number of benzene rings is 2. The summed E-state index contributed by atoms with van der Waals surface area (Å²) in [5.41, 5.74) is 10.5. The van der Waals surface area contributed by atoms with Gasteiger partial charge in [-0.25, -0.2) is 0 Å². The molecule has 2 atom stereocenters. The summed E-state index contributed by atoms with van der Waals surface area (Å²) in [7, 11) is 1.77. The number of hydrogen-bond donors (Lipinski definition) is 3. The summed E-state index contributed by atoms with van der Waals surface area (Å²) in [6, 6.07) is 13.6. The van der Waals surface area contributed by atoms with Crippen LogP contribution in [0.3, 0.4) is 0 Å². The highest BCUT2D eigenvalue weighted by Gasteiger charge is 2.38. The van der Waals surface area contributed by atoms with Crippen molar-refractivity contribution in [2.24, 2.45) is 5.73 Å². The Morgan fingerprint density at radius 3 is 2.66 bits per heavy atom. The van der Waals surface area contributed by atoms with Crippen molar-refractivity contribution in [2.45, 2.75) is 43.8 Å². The van der Waals surface area contributed by atoms with Gasteiger partial charge in [0.1, 0.15) is 6.61 Å². The van der Waals surface area contributed by atoms with E-state index in [1.807, 2.05) is 42.5 Å². The monoisotopic (exact) mass is 537 g/mol. The van der Waals surface area contributed by atoms with Crippen molar-refractivity contribution < 1.29 is 28.9 Å². The first-order chi connectivity index (χ1) is 18.3. The highest BCUT2D eigenvalue weighted by Crippen LogP contribution is 2.45. The van der Waals surface area contributed by atoms with Crippen molar-refractivity contribution in [1.29, 1.82) is 0 Å². The van der Waals surface area contributed by atoms with E-state index in [-0.39, 0.29) is 55.6 Å². The summed E-state index contributed by atoms with van der Waals surface area (Å²) >= 11 is 1.46. The molecule has 3 amide bonds. The summed E-state index contributed by atoms with van der Waals surface area (Å²) in [6.07, 6.45) is 1.71. The molecule has 38 heavy (non-hydrogen) atoms. The van der Waals surface area contributed by atoms with Gasteiger partial charge < -0.3 is 10.1 Å². The number of ether oxygens (including phenoxy) is 1. The second-order valence-electron chi connectivity index (χ2n) is 9.37. The van der Waals surface area contributed by atoms with Gasteiger partial charge in [0.05, 0.1) is 12.3 Å². The number of nitrogens with zero attached hydrogens (tertiary/aromatic N) is 1. The van der Waals surface area contributed by atoms with Gasteiger partial charge in [0.25, 0.3) is 0 Å². The van der Waals surface area contributed by atoms with Crippen LogP contribution < -0.4 is 16.0 Å². The van der Waals surface area contributed by atoms with Gasteiger partial charge in [-0.2, -0.15) is 0 Å². The fourth-order valence-corrected chi connectivity index (χ4v) is 5.96. The van der Waals surface area contributed by atoms with Gasteiger partial charge in [-0.15, -0.1) is 11.8 Å². The van der Waals surface area contributed by atoms with Gasteiger partial charge in [0.2, 0.25) is 23.6 Å². The number of nitrogens with two attached hydrogens (primary N) is 1. The molecule has 200 valence electrons. The zero-order valence-electron chi connectivity index (χ0n) is 21.6. The summed E-state index contributed by atoms with van der Waals surface area (Å²) in [6.45, 7) is 1.70. The van der Waals surface area contributed by atoms with E-state index in [1.54, 1.807) is 7.05 Å². The van der Waals surface area contributed by atoms with Crippen LogP contribution >= 0.6 is 11.8 Å². The predicted molar refractivity (Wildman–Crippen MR) is 146 cm³/mol. The van der Waals surface area contributed by atoms with Crippen molar-refractivity contribution >= 4 is 47.0 Å². The lowest BCUT2D eigenvalue weighted by Gasteiger charge is -2.15. The van der Waals surface area contributed by atoms with E-state index in [1.165, 1.54) is 23.6 Å². The lowest BCUT2D eigenvalue weighted by molar-refractivity contribution is -0.422. The molecule has 10 heteroatoms. The fraction of sp³-hybridized carbons (Fsp3) is 0.393. The number of amidine groups is 1. The normalized spacial score (nSPS) is 18.4. The Balaban J connectivity index is 1.33. The number of nitrogens with one attached hydrogen (secondary N) is 2. The third kappa shape index (κ3) is 6.24. The summed E-state index contributed by atoms with van der Waals surface area (Å²) in [5.74, 6) is 0.286. The Kier molecular flexibility index (Phi) is 8.83. The number of hydrogen-bond acceptors (Lipinski definition) is 6. The zero-order chi connectivity index (χ0) is 27.2. The van der Waals surface area contributed by atoms with E-state index in [2.05, 4.69) is 10.3 Å². The van der Waals surface area contributed by atoms with Crippen LogP contribution in [-0.4, -0.2) is 65.6 Å². The molecule has 0 bridgehead atoms. The molecule has 1 saturated heterocycles. The standard InChI is InChI=1S/C28H32N4O5S/c1-17(33)37-16-23-20-7-4-3-6-19(20)22-14-18(9-10-21(22)23)31-26(34)11-12-32-27(35)15-24(28(32)36)38-13-5-8-25(29)30-2/h3-4,6-7,9-10,14,23-24H,5,8,11-13,15-16H2,1-2H3,(H2,29,30)(H,31,34)/p+1. The Morgan fingerprint density at radius 2 is 1.89 bits per heavy atom. The lowest BCUT2D eigenvalue weighted by Crippen LogP contribution is -2.70. The molecular weight excluding hydrogens is 504 g/mol. The first-order valence-electron chi connectivity index (χ1n) is 12.7. The average molecular weight is 538 g/mol. The van der Waals surface area contributed by atoms with Crippen LogP contribution in [0.4, 0.5) is 5.69 Å². The number of carbonyl (C=O) groups excluding carboxylic acids is 4. The lowest BCUT2D eigenvalue weighted by atomic mass is 9.98.